The minimum Gasteiger partial charge on any atom is -0.481 e. The summed E-state index contributed by atoms with van der Waals surface area (Å²) in [6.45, 7) is 9.63. The second-order valence-corrected chi connectivity index (χ2v) is 7.71. The third-order valence-corrected chi connectivity index (χ3v) is 5.20. The molecule has 5 heteroatoms. The van der Waals surface area contributed by atoms with Gasteiger partial charge in [-0.15, -0.1) is 0 Å². The minimum atomic E-state index is -0.507. The van der Waals surface area contributed by atoms with Crippen molar-refractivity contribution in [1.29, 1.82) is 0 Å². The van der Waals surface area contributed by atoms with Gasteiger partial charge in [0.1, 0.15) is 11.5 Å². The standard InChI is InChI=1S/C26H27NO4/c1-16-6-7-18(3)23(14-16)27-26(29)21-10-12-22(13-11-21)31-24(28)15-30-25-19(4)9-8-17(2)20(25)5/h6-14H,15H2,1-5H3,(H,27,29). The molecule has 0 aromatic heterocycles. The van der Waals surface area contributed by atoms with Crippen LogP contribution >= 0.6 is 0 Å². The van der Waals surface area contributed by atoms with Crippen LogP contribution in [0, 0.1) is 34.6 Å². The topological polar surface area (TPSA) is 64.6 Å². The molecule has 0 saturated carbocycles. The van der Waals surface area contributed by atoms with E-state index in [2.05, 4.69) is 5.32 Å². The molecule has 1 amide bonds. The lowest BCUT2D eigenvalue weighted by Crippen LogP contribution is -2.18. The number of anilines is 1. The van der Waals surface area contributed by atoms with Crippen LogP contribution in [-0.4, -0.2) is 18.5 Å². The monoisotopic (exact) mass is 417 g/mol. The summed E-state index contributed by atoms with van der Waals surface area (Å²) in [4.78, 5) is 24.7. The first kappa shape index (κ1) is 22.1. The molecular weight excluding hydrogens is 390 g/mol. The van der Waals surface area contributed by atoms with Crippen LogP contribution in [0.5, 0.6) is 11.5 Å². The smallest absolute Gasteiger partial charge is 0.349 e. The van der Waals surface area contributed by atoms with Gasteiger partial charge in [0.05, 0.1) is 0 Å². The molecule has 3 aromatic rings. The van der Waals surface area contributed by atoms with Crippen LogP contribution in [0.1, 0.15) is 38.2 Å². The number of aryl methyl sites for hydroxylation is 4. The van der Waals surface area contributed by atoms with Crippen molar-refractivity contribution >= 4 is 17.6 Å². The van der Waals surface area contributed by atoms with E-state index in [9.17, 15) is 9.59 Å². The van der Waals surface area contributed by atoms with Crippen LogP contribution in [0.15, 0.2) is 54.6 Å². The fraction of sp³-hybridized carbons (Fsp3) is 0.231. The van der Waals surface area contributed by atoms with Gasteiger partial charge in [-0.1, -0.05) is 24.3 Å². The first-order chi connectivity index (χ1) is 14.7. The van der Waals surface area contributed by atoms with Gasteiger partial charge < -0.3 is 14.8 Å². The summed E-state index contributed by atoms with van der Waals surface area (Å²) >= 11 is 0. The summed E-state index contributed by atoms with van der Waals surface area (Å²) < 4.78 is 11.0. The molecule has 0 fully saturated rings. The van der Waals surface area contributed by atoms with E-state index in [-0.39, 0.29) is 12.5 Å². The molecule has 0 radical (unpaired) electrons. The quantitative estimate of drug-likeness (QED) is 0.427. The summed E-state index contributed by atoms with van der Waals surface area (Å²) in [6.07, 6.45) is 0. The summed E-state index contributed by atoms with van der Waals surface area (Å²) in [5.41, 5.74) is 6.39. The van der Waals surface area contributed by atoms with Gasteiger partial charge in [-0.25, -0.2) is 4.79 Å². The molecule has 0 heterocycles. The molecule has 0 unspecified atom stereocenters. The zero-order valence-electron chi connectivity index (χ0n) is 18.5. The maximum absolute atomic E-state index is 12.5. The van der Waals surface area contributed by atoms with Crippen LogP contribution in [0.3, 0.4) is 0 Å². The first-order valence-corrected chi connectivity index (χ1v) is 10.1. The lowest BCUT2D eigenvalue weighted by molar-refractivity contribution is -0.136. The van der Waals surface area contributed by atoms with Crippen molar-refractivity contribution in [2.24, 2.45) is 0 Å². The normalized spacial score (nSPS) is 10.5. The second-order valence-electron chi connectivity index (χ2n) is 7.71. The Morgan fingerprint density at radius 2 is 1.45 bits per heavy atom. The molecule has 0 aliphatic heterocycles. The molecule has 0 bridgehead atoms. The van der Waals surface area contributed by atoms with Gasteiger partial charge in [-0.3, -0.25) is 4.79 Å². The Balaban J connectivity index is 1.59. The Labute approximate surface area is 183 Å². The first-order valence-electron chi connectivity index (χ1n) is 10.1. The zero-order valence-corrected chi connectivity index (χ0v) is 18.5. The Hall–Kier alpha value is -3.60. The highest BCUT2D eigenvalue weighted by Crippen LogP contribution is 2.26. The molecule has 3 aromatic carbocycles. The van der Waals surface area contributed by atoms with Gasteiger partial charge in [0.25, 0.3) is 5.91 Å². The third kappa shape index (κ3) is 5.51. The lowest BCUT2D eigenvalue weighted by Gasteiger charge is -2.13. The molecule has 0 saturated heterocycles. The zero-order chi connectivity index (χ0) is 22.5. The van der Waals surface area contributed by atoms with E-state index < -0.39 is 5.97 Å². The average Bonchev–Trinajstić information content (AvgIpc) is 2.74. The summed E-state index contributed by atoms with van der Waals surface area (Å²) in [5, 5.41) is 2.91. The maximum Gasteiger partial charge on any atom is 0.349 e. The van der Waals surface area contributed by atoms with E-state index >= 15 is 0 Å². The van der Waals surface area contributed by atoms with Crippen LogP contribution in [-0.2, 0) is 4.79 Å². The number of nitrogens with one attached hydrogen (secondary N) is 1. The fourth-order valence-electron chi connectivity index (χ4n) is 3.18. The van der Waals surface area contributed by atoms with Crippen LogP contribution < -0.4 is 14.8 Å². The Bertz CT molecular complexity index is 1120. The van der Waals surface area contributed by atoms with E-state index in [1.807, 2.05) is 65.0 Å². The average molecular weight is 418 g/mol. The van der Waals surface area contributed by atoms with E-state index in [1.54, 1.807) is 24.3 Å². The predicted octanol–water partition coefficient (Wildman–Crippen LogP) is 5.47. The van der Waals surface area contributed by atoms with Gasteiger partial charge >= 0.3 is 5.97 Å². The highest BCUT2D eigenvalue weighted by Gasteiger charge is 2.12. The molecule has 3 rings (SSSR count). The molecule has 1 N–H and O–H groups in total. The number of esters is 1. The number of carbonyl (C=O) groups is 2. The van der Waals surface area contributed by atoms with E-state index in [0.29, 0.717) is 17.1 Å². The van der Waals surface area contributed by atoms with Gasteiger partial charge in [-0.2, -0.15) is 0 Å². The number of hydrogen-bond acceptors (Lipinski definition) is 4. The van der Waals surface area contributed by atoms with Gasteiger partial charge in [0, 0.05) is 11.3 Å². The van der Waals surface area contributed by atoms with Crippen molar-refractivity contribution in [2.45, 2.75) is 34.6 Å². The number of rotatable bonds is 6. The molecule has 160 valence electrons. The number of hydrogen-bond donors (Lipinski definition) is 1. The van der Waals surface area contributed by atoms with Crippen molar-refractivity contribution in [1.82, 2.24) is 0 Å². The van der Waals surface area contributed by atoms with E-state index in [4.69, 9.17) is 9.47 Å². The van der Waals surface area contributed by atoms with Crippen LogP contribution in [0.25, 0.3) is 0 Å². The SMILES string of the molecule is Cc1ccc(C)c(NC(=O)c2ccc(OC(=O)COc3c(C)ccc(C)c3C)cc2)c1. The minimum absolute atomic E-state index is 0.194. The highest BCUT2D eigenvalue weighted by atomic mass is 16.6. The summed E-state index contributed by atoms with van der Waals surface area (Å²) in [6, 6.07) is 16.3. The number of carbonyl (C=O) groups excluding carboxylic acids is 2. The van der Waals surface area contributed by atoms with Crippen molar-refractivity contribution in [3.63, 3.8) is 0 Å². The fourth-order valence-corrected chi connectivity index (χ4v) is 3.18. The van der Waals surface area contributed by atoms with Crippen molar-refractivity contribution < 1.29 is 19.1 Å². The van der Waals surface area contributed by atoms with Gasteiger partial charge in [0.2, 0.25) is 0 Å². The third-order valence-electron chi connectivity index (χ3n) is 5.20. The molecule has 0 atom stereocenters. The second kappa shape index (κ2) is 9.47. The van der Waals surface area contributed by atoms with Gasteiger partial charge in [0.15, 0.2) is 6.61 Å². The molecular formula is C26H27NO4. The molecule has 0 aliphatic rings. The largest absolute Gasteiger partial charge is 0.481 e. The number of amides is 1. The van der Waals surface area contributed by atoms with Crippen molar-refractivity contribution in [3.05, 3.63) is 88.0 Å². The van der Waals surface area contributed by atoms with E-state index in [0.717, 1.165) is 33.5 Å². The Morgan fingerprint density at radius 1 is 0.806 bits per heavy atom. The number of ether oxygens (including phenoxy) is 2. The maximum atomic E-state index is 12.5. The molecule has 5 nitrogen and oxygen atoms in total. The predicted molar refractivity (Wildman–Crippen MR) is 122 cm³/mol. The van der Waals surface area contributed by atoms with Crippen molar-refractivity contribution in [2.75, 3.05) is 11.9 Å². The Morgan fingerprint density at radius 3 is 2.16 bits per heavy atom. The highest BCUT2D eigenvalue weighted by molar-refractivity contribution is 6.04. The summed E-state index contributed by atoms with van der Waals surface area (Å²) in [7, 11) is 0. The summed E-state index contributed by atoms with van der Waals surface area (Å²) in [5.74, 6) is 0.332. The van der Waals surface area contributed by atoms with Crippen molar-refractivity contribution in [3.8, 4) is 11.5 Å². The lowest BCUT2D eigenvalue weighted by atomic mass is 10.1. The van der Waals surface area contributed by atoms with Crippen LogP contribution in [0.2, 0.25) is 0 Å². The van der Waals surface area contributed by atoms with E-state index in [1.165, 1.54) is 0 Å². The molecule has 31 heavy (non-hydrogen) atoms. The van der Waals surface area contributed by atoms with Gasteiger partial charge in [-0.05, 0) is 92.8 Å². The molecule has 0 spiro atoms. The van der Waals surface area contributed by atoms with Crippen LogP contribution in [0.4, 0.5) is 5.69 Å². The number of benzene rings is 3. The Kier molecular flexibility index (Phi) is 6.75. The molecule has 0 aliphatic carbocycles.